The summed E-state index contributed by atoms with van der Waals surface area (Å²) in [5.41, 5.74) is 3.34. The molecule has 0 saturated heterocycles. The largest absolute Gasteiger partial charge is 0.329 e. The maximum absolute atomic E-state index is 4.65. The Morgan fingerprint density at radius 1 is 1.24 bits per heavy atom. The van der Waals surface area contributed by atoms with E-state index in [-0.39, 0.29) is 12.4 Å². The molecule has 0 bridgehead atoms. The minimum absolute atomic E-state index is 0. The lowest BCUT2D eigenvalue weighted by Crippen LogP contribution is -1.97. The van der Waals surface area contributed by atoms with Crippen LogP contribution in [0.25, 0.3) is 22.4 Å². The molecule has 2 aromatic heterocycles. The Morgan fingerprint density at radius 3 is 2.90 bits per heavy atom. The summed E-state index contributed by atoms with van der Waals surface area (Å²) in [6.45, 7) is 6.17. The Balaban J connectivity index is 0.00000132. The van der Waals surface area contributed by atoms with Crippen LogP contribution in [-0.4, -0.2) is 24.3 Å². The van der Waals surface area contributed by atoms with E-state index in [4.69, 9.17) is 0 Å². The van der Waals surface area contributed by atoms with Crippen molar-refractivity contribution < 1.29 is 0 Å². The zero-order valence-electron chi connectivity index (χ0n) is 12.2. The van der Waals surface area contributed by atoms with Crippen LogP contribution < -0.4 is 0 Å². The third-order valence-corrected chi connectivity index (χ3v) is 4.12. The number of hydrogen-bond acceptors (Lipinski definition) is 3. The molecule has 1 aliphatic heterocycles. The van der Waals surface area contributed by atoms with Crippen molar-refractivity contribution in [2.75, 3.05) is 0 Å². The van der Waals surface area contributed by atoms with Gasteiger partial charge in [-0.1, -0.05) is 0 Å². The second kappa shape index (κ2) is 5.15. The molecule has 1 aliphatic rings. The summed E-state index contributed by atoms with van der Waals surface area (Å²) in [6, 6.07) is 6.40. The molecule has 110 valence electrons. The molecule has 0 unspecified atom stereocenters. The Bertz CT molecular complexity index is 802. The molecular weight excluding hydrogens is 286 g/mol. The number of imidazole rings is 1. The standard InChI is InChI=1S/C15H17N5.ClH/c1-3-19-10(2)16-12-9-11(6-7-13(12)19)15-18-17-14-5-4-8-20(14)15;/h6-7,9H,3-5,8H2,1-2H3;1H. The van der Waals surface area contributed by atoms with Crippen LogP contribution >= 0.6 is 12.4 Å². The number of rotatable bonds is 2. The van der Waals surface area contributed by atoms with E-state index in [1.165, 1.54) is 11.9 Å². The van der Waals surface area contributed by atoms with Crippen LogP contribution in [0.1, 0.15) is 25.0 Å². The molecule has 0 spiro atoms. The van der Waals surface area contributed by atoms with Crippen molar-refractivity contribution in [1.82, 2.24) is 24.3 Å². The summed E-state index contributed by atoms with van der Waals surface area (Å²) in [7, 11) is 0. The average Bonchev–Trinajstić information content (AvgIpc) is 3.09. The predicted molar refractivity (Wildman–Crippen MR) is 84.7 cm³/mol. The van der Waals surface area contributed by atoms with Crippen molar-refractivity contribution in [3.63, 3.8) is 0 Å². The monoisotopic (exact) mass is 303 g/mol. The van der Waals surface area contributed by atoms with Crippen molar-refractivity contribution in [2.24, 2.45) is 0 Å². The highest BCUT2D eigenvalue weighted by Crippen LogP contribution is 2.26. The zero-order chi connectivity index (χ0) is 13.7. The molecule has 0 fully saturated rings. The molecule has 0 radical (unpaired) electrons. The van der Waals surface area contributed by atoms with Crippen molar-refractivity contribution in [3.8, 4) is 11.4 Å². The fourth-order valence-corrected chi connectivity index (χ4v) is 3.15. The molecule has 0 atom stereocenters. The number of hydrogen-bond donors (Lipinski definition) is 0. The zero-order valence-corrected chi connectivity index (χ0v) is 13.0. The van der Waals surface area contributed by atoms with Gasteiger partial charge in [-0.25, -0.2) is 4.98 Å². The minimum atomic E-state index is 0. The van der Waals surface area contributed by atoms with Crippen molar-refractivity contribution in [1.29, 1.82) is 0 Å². The van der Waals surface area contributed by atoms with E-state index in [2.05, 4.69) is 56.4 Å². The fourth-order valence-electron chi connectivity index (χ4n) is 3.15. The first-order valence-electron chi connectivity index (χ1n) is 7.17. The van der Waals surface area contributed by atoms with Crippen LogP contribution in [0.15, 0.2) is 18.2 Å². The van der Waals surface area contributed by atoms with Crippen LogP contribution in [0.2, 0.25) is 0 Å². The lowest BCUT2D eigenvalue weighted by molar-refractivity contribution is 0.748. The highest BCUT2D eigenvalue weighted by molar-refractivity contribution is 5.85. The summed E-state index contributed by atoms with van der Waals surface area (Å²) in [6.07, 6.45) is 2.21. The van der Waals surface area contributed by atoms with Crippen molar-refractivity contribution in [2.45, 2.75) is 39.8 Å². The number of benzene rings is 1. The molecule has 3 aromatic rings. The number of halogens is 1. The van der Waals surface area contributed by atoms with Gasteiger partial charge in [-0.3, -0.25) is 0 Å². The SMILES string of the molecule is CCn1c(C)nc2cc(-c3nnc4n3CCC4)ccc21.Cl. The summed E-state index contributed by atoms with van der Waals surface area (Å²) in [5.74, 6) is 3.14. The van der Waals surface area contributed by atoms with Gasteiger partial charge >= 0.3 is 0 Å². The predicted octanol–water partition coefficient (Wildman–Crippen LogP) is 2.99. The van der Waals surface area contributed by atoms with Crippen LogP contribution in [-0.2, 0) is 19.5 Å². The molecule has 1 aromatic carbocycles. The van der Waals surface area contributed by atoms with Gasteiger partial charge in [0.2, 0.25) is 0 Å². The first-order valence-corrected chi connectivity index (χ1v) is 7.17. The van der Waals surface area contributed by atoms with Crippen molar-refractivity contribution in [3.05, 3.63) is 29.8 Å². The molecule has 4 rings (SSSR count). The van der Waals surface area contributed by atoms with Gasteiger partial charge in [0.15, 0.2) is 5.82 Å². The quantitative estimate of drug-likeness (QED) is 0.731. The summed E-state index contributed by atoms with van der Waals surface area (Å²) >= 11 is 0. The highest BCUT2D eigenvalue weighted by atomic mass is 35.5. The second-order valence-corrected chi connectivity index (χ2v) is 5.30. The molecular formula is C15H18ClN5. The first kappa shape index (κ1) is 14.1. The second-order valence-electron chi connectivity index (χ2n) is 5.30. The molecule has 21 heavy (non-hydrogen) atoms. The Labute approximate surface area is 129 Å². The maximum Gasteiger partial charge on any atom is 0.164 e. The van der Waals surface area contributed by atoms with Crippen LogP contribution in [0.4, 0.5) is 0 Å². The number of fused-ring (bicyclic) bond motifs is 2. The lowest BCUT2D eigenvalue weighted by Gasteiger charge is -2.04. The maximum atomic E-state index is 4.65. The number of nitrogens with zero attached hydrogens (tertiary/aromatic N) is 5. The first-order chi connectivity index (χ1) is 9.78. The highest BCUT2D eigenvalue weighted by Gasteiger charge is 2.19. The van der Waals surface area contributed by atoms with E-state index in [1.807, 2.05) is 0 Å². The Hall–Kier alpha value is -1.88. The molecule has 5 nitrogen and oxygen atoms in total. The Kier molecular flexibility index (Phi) is 3.45. The third kappa shape index (κ3) is 2.03. The number of aromatic nitrogens is 5. The van der Waals surface area contributed by atoms with Gasteiger partial charge in [0.05, 0.1) is 11.0 Å². The van der Waals surface area contributed by atoms with E-state index in [9.17, 15) is 0 Å². The van der Waals surface area contributed by atoms with E-state index in [0.29, 0.717) is 0 Å². The molecule has 3 heterocycles. The van der Waals surface area contributed by atoms with E-state index < -0.39 is 0 Å². The van der Waals surface area contributed by atoms with Gasteiger partial charge in [0.25, 0.3) is 0 Å². The molecule has 0 amide bonds. The van der Waals surface area contributed by atoms with Crippen molar-refractivity contribution >= 4 is 23.4 Å². The molecule has 0 aliphatic carbocycles. The number of aryl methyl sites for hydroxylation is 3. The molecule has 0 saturated carbocycles. The summed E-state index contributed by atoms with van der Waals surface area (Å²) < 4.78 is 4.46. The van der Waals surface area contributed by atoms with Gasteiger partial charge in [-0.05, 0) is 38.5 Å². The third-order valence-electron chi connectivity index (χ3n) is 4.12. The minimum Gasteiger partial charge on any atom is -0.329 e. The van der Waals surface area contributed by atoms with Gasteiger partial charge in [-0.15, -0.1) is 22.6 Å². The summed E-state index contributed by atoms with van der Waals surface area (Å²) in [4.78, 5) is 4.65. The fraction of sp³-hybridized carbons (Fsp3) is 0.400. The van der Waals surface area contributed by atoms with Gasteiger partial charge in [0.1, 0.15) is 11.6 Å². The smallest absolute Gasteiger partial charge is 0.164 e. The van der Waals surface area contributed by atoms with Gasteiger partial charge < -0.3 is 9.13 Å². The van der Waals surface area contributed by atoms with Crippen LogP contribution in [0.5, 0.6) is 0 Å². The van der Waals surface area contributed by atoms with E-state index in [0.717, 1.165) is 48.1 Å². The van der Waals surface area contributed by atoms with Crippen LogP contribution in [0.3, 0.4) is 0 Å². The Morgan fingerprint density at radius 2 is 2.10 bits per heavy atom. The normalized spacial score (nSPS) is 13.4. The van der Waals surface area contributed by atoms with Gasteiger partial charge in [-0.2, -0.15) is 0 Å². The average molecular weight is 304 g/mol. The van der Waals surface area contributed by atoms with E-state index >= 15 is 0 Å². The lowest BCUT2D eigenvalue weighted by atomic mass is 10.2. The van der Waals surface area contributed by atoms with E-state index in [1.54, 1.807) is 0 Å². The van der Waals surface area contributed by atoms with Gasteiger partial charge in [0, 0.05) is 25.1 Å². The topological polar surface area (TPSA) is 48.5 Å². The molecule has 0 N–H and O–H groups in total. The molecule has 6 heteroatoms. The van der Waals surface area contributed by atoms with Crippen LogP contribution in [0, 0.1) is 6.92 Å². The summed E-state index contributed by atoms with van der Waals surface area (Å²) in [5, 5.41) is 8.62.